The molecule has 3 saturated heterocycles. The van der Waals surface area contributed by atoms with Crippen LogP contribution in [0, 0.1) is 17.8 Å². The Morgan fingerprint density at radius 3 is 2.44 bits per heavy atom. The first-order valence-electron chi connectivity index (χ1n) is 15.7. The fraction of sp³-hybridized carbons (Fsp3) is 0.618. The van der Waals surface area contributed by atoms with Gasteiger partial charge in [0.1, 0.15) is 17.4 Å². The van der Waals surface area contributed by atoms with Gasteiger partial charge in [-0.2, -0.15) is 0 Å². The molecule has 2 bridgehead atoms. The maximum atomic E-state index is 14.6. The molecule has 3 fully saturated rings. The molecule has 3 amide bonds. The second kappa shape index (κ2) is 13.2. The van der Waals surface area contributed by atoms with Crippen LogP contribution in [0.2, 0.25) is 0 Å². The zero-order valence-electron chi connectivity index (χ0n) is 26.5. The van der Waals surface area contributed by atoms with E-state index in [1.165, 1.54) is 0 Å². The second-order valence-electron chi connectivity index (χ2n) is 12.4. The largest absolute Gasteiger partial charge is 0.494 e. The molecule has 0 radical (unpaired) electrons. The van der Waals surface area contributed by atoms with E-state index in [0.717, 1.165) is 12.8 Å². The van der Waals surface area contributed by atoms with Crippen LogP contribution in [-0.2, 0) is 19.1 Å². The molecule has 0 aliphatic carbocycles. The zero-order chi connectivity index (χ0) is 31.5. The third-order valence-corrected chi connectivity index (χ3v) is 9.76. The number of hydrogen-bond donors (Lipinski definition) is 1. The predicted octanol–water partition coefficient (Wildman–Crippen LogP) is 4.20. The smallest absolute Gasteiger partial charge is 0.248 e. The van der Waals surface area contributed by atoms with Gasteiger partial charge in [0.2, 0.25) is 17.7 Å². The molecule has 4 unspecified atom stereocenters. The number of nitrogens with zero attached hydrogens (tertiary/aromatic N) is 3. The van der Waals surface area contributed by atoms with Gasteiger partial charge in [0.25, 0.3) is 0 Å². The molecule has 1 aromatic carbocycles. The fourth-order valence-corrected chi connectivity index (χ4v) is 7.74. The summed E-state index contributed by atoms with van der Waals surface area (Å²) in [6.45, 7) is 19.0. The van der Waals surface area contributed by atoms with Crippen LogP contribution in [0.4, 0.5) is 5.69 Å². The first-order chi connectivity index (χ1) is 20.6. The van der Waals surface area contributed by atoms with E-state index in [0.29, 0.717) is 37.4 Å². The minimum Gasteiger partial charge on any atom is -0.494 e. The Labute approximate surface area is 256 Å². The Morgan fingerprint density at radius 2 is 1.86 bits per heavy atom. The van der Waals surface area contributed by atoms with Crippen LogP contribution >= 0.6 is 0 Å². The maximum absolute atomic E-state index is 14.6. The summed E-state index contributed by atoms with van der Waals surface area (Å²) in [6.07, 6.45) is 5.90. The van der Waals surface area contributed by atoms with Crippen molar-refractivity contribution in [2.75, 3.05) is 37.7 Å². The van der Waals surface area contributed by atoms with E-state index in [-0.39, 0.29) is 49.4 Å². The number of fused-ring (bicyclic) bond motifs is 1. The van der Waals surface area contributed by atoms with E-state index >= 15 is 0 Å². The van der Waals surface area contributed by atoms with Gasteiger partial charge in [-0.25, -0.2) is 0 Å². The number of aliphatic hydroxyl groups is 1. The van der Waals surface area contributed by atoms with E-state index in [1.807, 2.05) is 52.0 Å². The van der Waals surface area contributed by atoms with Gasteiger partial charge in [-0.1, -0.05) is 32.4 Å². The van der Waals surface area contributed by atoms with Gasteiger partial charge in [-0.15, -0.1) is 13.2 Å². The van der Waals surface area contributed by atoms with Crippen LogP contribution in [0.3, 0.4) is 0 Å². The Hall–Kier alpha value is -3.17. The molecule has 3 heterocycles. The Morgan fingerprint density at radius 1 is 1.19 bits per heavy atom. The number of hydrogen-bond acceptors (Lipinski definition) is 6. The summed E-state index contributed by atoms with van der Waals surface area (Å²) >= 11 is 0. The van der Waals surface area contributed by atoms with Gasteiger partial charge < -0.3 is 29.3 Å². The molecule has 3 aliphatic rings. The van der Waals surface area contributed by atoms with Gasteiger partial charge in [-0.05, 0) is 70.2 Å². The number of carbonyl (C=O) groups excluding carboxylic acids is 3. The van der Waals surface area contributed by atoms with Crippen molar-refractivity contribution < 1.29 is 29.0 Å². The molecule has 1 N–H and O–H groups in total. The first-order valence-corrected chi connectivity index (χ1v) is 15.7. The molecule has 43 heavy (non-hydrogen) atoms. The predicted molar refractivity (Wildman–Crippen MR) is 167 cm³/mol. The lowest BCUT2D eigenvalue weighted by molar-refractivity contribution is -0.153. The topological polar surface area (TPSA) is 99.6 Å². The standard InChI is InChI=1S/C34H49N3O6/c1-8-13-24(6)35(18-9-2)32(41)29-34-22-23(5)33(7,43-34)27(28(34)31(40)37(29)20-12-21-38)30(39)36(19-10-3)25-14-16-26(17-15-25)42-11-4/h9-10,14-17,23-24,27-29,38H,2-3,8,11-13,18-22H2,1,4-7H3/t23?,24?,27-,28+,29?,33+,34?/m1/s1. The lowest BCUT2D eigenvalue weighted by Crippen LogP contribution is -2.58. The van der Waals surface area contributed by atoms with Gasteiger partial charge >= 0.3 is 0 Å². The van der Waals surface area contributed by atoms with Gasteiger partial charge in [-0.3, -0.25) is 14.4 Å². The minimum atomic E-state index is -1.15. The molecule has 9 nitrogen and oxygen atoms in total. The number of ether oxygens (including phenoxy) is 2. The molecular formula is C34H49N3O6. The van der Waals surface area contributed by atoms with Gasteiger partial charge in [0.05, 0.1) is 24.0 Å². The zero-order valence-corrected chi connectivity index (χ0v) is 26.5. The van der Waals surface area contributed by atoms with Crippen LogP contribution < -0.4 is 9.64 Å². The number of amides is 3. The summed E-state index contributed by atoms with van der Waals surface area (Å²) in [5, 5.41) is 9.70. The molecule has 9 heteroatoms. The molecular weight excluding hydrogens is 546 g/mol. The number of carbonyl (C=O) groups is 3. The van der Waals surface area contributed by atoms with E-state index in [1.54, 1.807) is 26.9 Å². The maximum Gasteiger partial charge on any atom is 0.248 e. The number of anilines is 1. The number of rotatable bonds is 15. The van der Waals surface area contributed by atoms with E-state index < -0.39 is 29.1 Å². The highest BCUT2D eigenvalue weighted by Gasteiger charge is 2.80. The van der Waals surface area contributed by atoms with E-state index in [9.17, 15) is 19.5 Å². The highest BCUT2D eigenvalue weighted by molar-refractivity contribution is 6.03. The van der Waals surface area contributed by atoms with Gasteiger partial charge in [0, 0.05) is 38.0 Å². The van der Waals surface area contributed by atoms with E-state index in [2.05, 4.69) is 20.1 Å². The number of aliphatic hydroxyl groups excluding tert-OH is 1. The lowest BCUT2D eigenvalue weighted by atomic mass is 9.62. The average molecular weight is 596 g/mol. The van der Waals surface area contributed by atoms with Crippen molar-refractivity contribution in [3.63, 3.8) is 0 Å². The summed E-state index contributed by atoms with van der Waals surface area (Å²) in [7, 11) is 0. The lowest BCUT2D eigenvalue weighted by Gasteiger charge is -2.40. The molecule has 4 rings (SSSR count). The van der Waals surface area contributed by atoms with Crippen molar-refractivity contribution in [3.8, 4) is 5.75 Å². The molecule has 1 spiro atoms. The molecule has 236 valence electrons. The summed E-state index contributed by atoms with van der Waals surface area (Å²) in [5.41, 5.74) is -1.42. The summed E-state index contributed by atoms with van der Waals surface area (Å²) in [4.78, 5) is 48.7. The molecule has 7 atom stereocenters. The Bertz CT molecular complexity index is 1200. The van der Waals surface area contributed by atoms with Crippen molar-refractivity contribution in [1.29, 1.82) is 0 Å². The van der Waals surface area contributed by atoms with Crippen molar-refractivity contribution in [3.05, 3.63) is 49.6 Å². The normalized spacial score (nSPS) is 29.7. The van der Waals surface area contributed by atoms with Crippen LogP contribution in [0.25, 0.3) is 0 Å². The van der Waals surface area contributed by atoms with Crippen molar-refractivity contribution in [2.45, 2.75) is 83.6 Å². The van der Waals surface area contributed by atoms with Crippen LogP contribution in [0.5, 0.6) is 5.75 Å². The number of likely N-dealkylation sites (tertiary alicyclic amines) is 1. The quantitative estimate of drug-likeness (QED) is 0.305. The number of benzene rings is 1. The SMILES string of the molecule is C=CCN(C(=O)[C@H]1[C@H]2C(=O)N(CCCO)C(C(=O)N(CC=C)C(C)CCC)C23CC(C)[C@]1(C)O3)c1ccc(OCC)cc1. The van der Waals surface area contributed by atoms with E-state index in [4.69, 9.17) is 9.47 Å². The monoisotopic (exact) mass is 595 g/mol. The minimum absolute atomic E-state index is 0.0625. The molecule has 0 saturated carbocycles. The third kappa shape index (κ3) is 5.50. The fourth-order valence-electron chi connectivity index (χ4n) is 7.74. The molecule has 1 aromatic rings. The summed E-state index contributed by atoms with van der Waals surface area (Å²) in [5.74, 6) is -1.67. The molecule has 3 aliphatic heterocycles. The van der Waals surface area contributed by atoms with Crippen molar-refractivity contribution in [1.82, 2.24) is 9.80 Å². The van der Waals surface area contributed by atoms with Crippen LogP contribution in [-0.4, -0.2) is 88.8 Å². The second-order valence-corrected chi connectivity index (χ2v) is 12.4. The molecule has 0 aromatic heterocycles. The Kier molecular flexibility index (Phi) is 10.1. The third-order valence-electron chi connectivity index (χ3n) is 9.76. The van der Waals surface area contributed by atoms with Crippen LogP contribution in [0.1, 0.15) is 60.3 Å². The van der Waals surface area contributed by atoms with Crippen molar-refractivity contribution >= 4 is 23.4 Å². The first kappa shape index (κ1) is 32.7. The average Bonchev–Trinajstić information content (AvgIpc) is 3.49. The van der Waals surface area contributed by atoms with Gasteiger partial charge in [0.15, 0.2) is 0 Å². The summed E-state index contributed by atoms with van der Waals surface area (Å²) in [6, 6.07) is 6.36. The van der Waals surface area contributed by atoms with Crippen molar-refractivity contribution in [2.24, 2.45) is 17.8 Å². The Balaban J connectivity index is 1.79. The highest BCUT2D eigenvalue weighted by Crippen LogP contribution is 2.65. The van der Waals surface area contributed by atoms with Crippen LogP contribution in [0.15, 0.2) is 49.6 Å². The summed E-state index contributed by atoms with van der Waals surface area (Å²) < 4.78 is 12.5. The highest BCUT2D eigenvalue weighted by atomic mass is 16.5.